The molecule has 2 fully saturated rings. The van der Waals surface area contributed by atoms with E-state index in [-0.39, 0.29) is 74.3 Å². The summed E-state index contributed by atoms with van der Waals surface area (Å²) >= 11 is 0. The minimum absolute atomic E-state index is 0. The topological polar surface area (TPSA) is 18.0 Å². The number of aromatic nitrogens is 3. The molecule has 4 aliphatic carbocycles. The zero-order valence-corrected chi connectivity index (χ0v) is 80.2. The number of likely N-dealkylation sites (tertiary alicyclic amines) is 1. The van der Waals surface area contributed by atoms with Gasteiger partial charge in [-0.25, -0.2) is 0 Å². The molecule has 8 atom stereocenters. The Morgan fingerprint density at radius 1 is 0.301 bits per heavy atom. The first kappa shape index (κ1) is 153. The molecule has 0 N–H and O–H groups in total. The molecule has 3 aromatic heterocycles. The molecule has 5 aliphatic rings. The monoisotopic (exact) mass is 1590 g/mol. The summed E-state index contributed by atoms with van der Waals surface area (Å²) in [6.45, 7) is 116. The summed E-state index contributed by atoms with van der Waals surface area (Å²) in [6, 6.07) is 15.5. The van der Waals surface area contributed by atoms with E-state index >= 15 is 0 Å². The highest BCUT2D eigenvalue weighted by atomic mass is 15.2. The predicted octanol–water partition coefficient (Wildman–Crippen LogP) is 40.3. The first-order chi connectivity index (χ1) is 49.3. The molecule has 0 spiro atoms. The van der Waals surface area contributed by atoms with Crippen molar-refractivity contribution in [1.29, 1.82) is 0 Å². The Morgan fingerprint density at radius 2 is 0.584 bits per heavy atom. The number of aryl methyl sites for hydroxylation is 6. The van der Waals surface area contributed by atoms with E-state index < -0.39 is 0 Å². The molecule has 0 amide bonds. The van der Waals surface area contributed by atoms with Gasteiger partial charge in [-0.2, -0.15) is 0 Å². The van der Waals surface area contributed by atoms with Crippen LogP contribution in [0.1, 0.15) is 473 Å². The van der Waals surface area contributed by atoms with Gasteiger partial charge >= 0.3 is 0 Å². The lowest BCUT2D eigenvalue weighted by Gasteiger charge is -2.25. The van der Waals surface area contributed by atoms with Gasteiger partial charge in [-0.3, -0.25) is 4.90 Å². The third-order valence-corrected chi connectivity index (χ3v) is 21.2. The molecular formula is C109H228N4. The molecule has 3 aromatic carbocycles. The highest BCUT2D eigenvalue weighted by Crippen LogP contribution is 2.44. The summed E-state index contributed by atoms with van der Waals surface area (Å²) < 4.78 is 7.40. The number of fused-ring (bicyclic) bond motifs is 9. The molecule has 113 heavy (non-hydrogen) atoms. The average molecular weight is 1600 g/mol. The summed E-state index contributed by atoms with van der Waals surface area (Å²) in [7, 11) is 0. The van der Waals surface area contributed by atoms with Gasteiger partial charge in [-0.15, -0.1) is 0 Å². The Kier molecular flexibility index (Phi) is 118. The molecule has 0 unspecified atom stereocenters. The Morgan fingerprint density at radius 3 is 0.894 bits per heavy atom. The van der Waals surface area contributed by atoms with E-state index in [1.807, 2.05) is 180 Å². The lowest BCUT2D eigenvalue weighted by molar-refractivity contribution is 0.209. The van der Waals surface area contributed by atoms with Crippen LogP contribution in [-0.4, -0.2) is 37.2 Å². The fourth-order valence-corrected chi connectivity index (χ4v) is 14.6. The van der Waals surface area contributed by atoms with Gasteiger partial charge in [0.15, 0.2) is 0 Å². The summed E-state index contributed by atoms with van der Waals surface area (Å²) in [5, 5.41) is 4.36. The highest BCUT2D eigenvalue weighted by molar-refractivity contribution is 6.00. The van der Waals surface area contributed by atoms with Gasteiger partial charge in [0.2, 0.25) is 0 Å². The summed E-state index contributed by atoms with van der Waals surface area (Å²) in [5.74, 6) is 5.58. The maximum atomic E-state index is 2.61. The summed E-state index contributed by atoms with van der Waals surface area (Å²) in [6.07, 6.45) is 6.08. The molecule has 684 valence electrons. The van der Waals surface area contributed by atoms with Gasteiger partial charge in [0.1, 0.15) is 0 Å². The average Bonchev–Trinajstić information content (AvgIpc) is 1.60. The Hall–Kier alpha value is -4.54. The normalized spacial score (nSPS) is 16.6. The first-order valence-corrected chi connectivity index (χ1v) is 43.9. The van der Waals surface area contributed by atoms with Crippen molar-refractivity contribution in [3.63, 3.8) is 0 Å². The van der Waals surface area contributed by atoms with Crippen LogP contribution in [0.3, 0.4) is 0 Å². The van der Waals surface area contributed by atoms with Gasteiger partial charge in [0.25, 0.3) is 0 Å². The standard InChI is InChI=1S/3C17H21N.C10H21N.C9H18.C3H8.13C2H6.10CH4/c1-6-18-13(5)12(4)15-8-7-14-11(3)10(2)9-16(14)17(15)18;1-6-18-13(5)12(4)17-15(18)8-7-14-9-10(2)11(3)16(14)17;1-6-18-13(5)12(4)15-8-7-14-9-10(2)11(3)16(14)17(15)18;1-6-11-9(4)7(2)8(3)10(11)5;1-6-5-7(2)9(4)8(6)3;1-3-2;13*1-2;;;;;;;;;;/h3*7-8H,6,9H2,1-5H3;7-10H,6H2,1-5H3;6-9H,5H2,1-4H3;3H2,1-2H3;13*1-2H3;10*1H4/t;;;7-,8+,9-,10+;6-,7+,8-,9+;;;;;;;;;;;;;;;;;;;;;;;;. The quantitative estimate of drug-likeness (QED) is 0.172. The lowest BCUT2D eigenvalue weighted by atomic mass is 9.92. The van der Waals surface area contributed by atoms with Crippen molar-refractivity contribution in [3.05, 3.63) is 120 Å². The zero-order chi connectivity index (χ0) is 83.4. The van der Waals surface area contributed by atoms with Crippen LogP contribution in [0.2, 0.25) is 0 Å². The fourth-order valence-electron chi connectivity index (χ4n) is 14.6. The molecule has 6 aromatic rings. The van der Waals surface area contributed by atoms with E-state index in [1.54, 1.807) is 5.56 Å². The second-order valence-corrected chi connectivity index (χ2v) is 25.2. The number of nitrogens with zero attached hydrogens (tertiary/aromatic N) is 4. The van der Waals surface area contributed by atoms with E-state index in [4.69, 9.17) is 0 Å². The third-order valence-electron chi connectivity index (χ3n) is 21.2. The number of hydrogen-bond donors (Lipinski definition) is 0. The van der Waals surface area contributed by atoms with Crippen molar-refractivity contribution < 1.29 is 0 Å². The molecule has 1 aliphatic heterocycles. The van der Waals surface area contributed by atoms with Crippen LogP contribution in [0.5, 0.6) is 0 Å². The molecule has 1 saturated heterocycles. The van der Waals surface area contributed by atoms with Crippen LogP contribution < -0.4 is 0 Å². The molecule has 0 radical (unpaired) electrons. The van der Waals surface area contributed by atoms with Gasteiger partial charge in [-0.05, 0) is 253 Å². The van der Waals surface area contributed by atoms with Crippen LogP contribution in [0.4, 0.5) is 0 Å². The number of allylic oxidation sites excluding steroid dienone is 6. The third kappa shape index (κ3) is 39.3. The van der Waals surface area contributed by atoms with Gasteiger partial charge in [-0.1, -0.05) is 370 Å². The minimum atomic E-state index is 0. The molecular weight excluding hydrogens is 1370 g/mol. The lowest BCUT2D eigenvalue weighted by Crippen LogP contribution is -2.34. The minimum Gasteiger partial charge on any atom is -0.345 e. The van der Waals surface area contributed by atoms with Crippen molar-refractivity contribution in [1.82, 2.24) is 18.6 Å². The summed E-state index contributed by atoms with van der Waals surface area (Å²) in [4.78, 5) is 2.61. The van der Waals surface area contributed by atoms with E-state index in [9.17, 15) is 0 Å². The SMILES string of the molecule is C.C.C.C.C.C.C.C.C.C.CC.CC.CC.CC.CC.CC.CC.CC.CC.CC.CC.CC.CC.CCC.CCN1[C@H](C)[C@H](C)[C@H](C)[C@@H]1C.CCn1c(C)c(C)c2c3c(ccc21)CC(C)=C3C.CCn1c(C)c(C)c2ccc3c(c21)C(C)=C(C)C3.CCn1c(C)c(C)c2ccc3c(c21)CC(C)=C3C.C[C@@H]1[C@H](C)[C@H](C)C[C@@H]1C. The van der Waals surface area contributed by atoms with Crippen molar-refractivity contribution in [3.8, 4) is 0 Å². The number of benzene rings is 3. The maximum Gasteiger partial charge on any atom is 0.0564 e. The predicted molar refractivity (Wildman–Crippen MR) is 559 cm³/mol. The van der Waals surface area contributed by atoms with Crippen LogP contribution in [-0.2, 0) is 38.9 Å². The highest BCUT2D eigenvalue weighted by Gasteiger charge is 2.38. The largest absolute Gasteiger partial charge is 0.345 e. The van der Waals surface area contributed by atoms with Crippen molar-refractivity contribution >= 4 is 49.4 Å². The Labute approximate surface area is 724 Å². The van der Waals surface area contributed by atoms with Gasteiger partial charge in [0.05, 0.1) is 11.0 Å². The maximum absolute atomic E-state index is 2.61. The van der Waals surface area contributed by atoms with Crippen LogP contribution in [0.15, 0.2) is 53.1 Å². The smallest absolute Gasteiger partial charge is 0.0564 e. The second-order valence-electron chi connectivity index (χ2n) is 25.2. The zero-order valence-electron chi connectivity index (χ0n) is 80.2. The van der Waals surface area contributed by atoms with E-state index in [0.29, 0.717) is 0 Å². The van der Waals surface area contributed by atoms with Gasteiger partial charge in [0, 0.05) is 76.0 Å². The van der Waals surface area contributed by atoms with Crippen LogP contribution >= 0.6 is 0 Å². The number of hydrogen-bond acceptors (Lipinski definition) is 1. The van der Waals surface area contributed by atoms with Crippen molar-refractivity contribution in [2.75, 3.05) is 6.54 Å². The first-order valence-electron chi connectivity index (χ1n) is 43.9. The molecule has 1 saturated carbocycles. The van der Waals surface area contributed by atoms with Gasteiger partial charge < -0.3 is 13.7 Å². The van der Waals surface area contributed by atoms with Crippen LogP contribution in [0.25, 0.3) is 49.4 Å². The fraction of sp³-hybridized carbons (Fsp3) is 0.725. The van der Waals surface area contributed by atoms with E-state index in [0.717, 1.165) is 86.5 Å². The van der Waals surface area contributed by atoms with E-state index in [2.05, 4.69) is 235 Å². The molecule has 11 rings (SSSR count). The Bertz CT molecular complexity index is 3160. The van der Waals surface area contributed by atoms with E-state index in [1.165, 1.54) is 147 Å². The molecule has 4 heteroatoms. The molecule has 4 heterocycles. The number of rotatable bonds is 4. The van der Waals surface area contributed by atoms with Crippen molar-refractivity contribution in [2.45, 2.75) is 498 Å². The summed E-state index contributed by atoms with van der Waals surface area (Å²) in [5.41, 5.74) is 31.0. The molecule has 0 bridgehead atoms. The second kappa shape index (κ2) is 86.8. The van der Waals surface area contributed by atoms with Crippen molar-refractivity contribution in [2.24, 2.45) is 35.5 Å². The Balaban J connectivity index is -0.0000000571. The molecule has 4 nitrogen and oxygen atoms in total. The van der Waals surface area contributed by atoms with Crippen LogP contribution in [0, 0.1) is 77.0 Å².